The number of nitrogens with one attached hydrogen (secondary N) is 2. The first kappa shape index (κ1) is 24.9. The summed E-state index contributed by atoms with van der Waals surface area (Å²) >= 11 is 0.989. The molecule has 194 valence electrons. The maximum atomic E-state index is 13.0. The molecule has 1 saturated heterocycles. The van der Waals surface area contributed by atoms with E-state index >= 15 is 0 Å². The lowest BCUT2D eigenvalue weighted by Gasteiger charge is -2.28. The number of nitrogens with zero attached hydrogens (tertiary/aromatic N) is 2. The smallest absolute Gasteiger partial charge is 0.289 e. The fourth-order valence-corrected chi connectivity index (χ4v) is 5.90. The van der Waals surface area contributed by atoms with Crippen molar-refractivity contribution in [2.75, 3.05) is 43.0 Å². The summed E-state index contributed by atoms with van der Waals surface area (Å²) in [5, 5.41) is 4.97. The highest BCUT2D eigenvalue weighted by Gasteiger charge is 2.26. The van der Waals surface area contributed by atoms with Crippen molar-refractivity contribution < 1.29 is 31.5 Å². The number of carbonyl (C=O) groups excluding carboxylic acids is 1. The highest BCUT2D eigenvalue weighted by atomic mass is 32.2. The fourth-order valence-electron chi connectivity index (χ4n) is 4.00. The van der Waals surface area contributed by atoms with Gasteiger partial charge in [-0.25, -0.2) is 4.98 Å². The van der Waals surface area contributed by atoms with Gasteiger partial charge in [0.1, 0.15) is 23.4 Å². The first-order valence-electron chi connectivity index (χ1n) is 11.3. The van der Waals surface area contributed by atoms with Gasteiger partial charge in [0.05, 0.1) is 49.9 Å². The Kier molecular flexibility index (Phi) is 7.17. The van der Waals surface area contributed by atoms with E-state index in [-0.39, 0.29) is 16.6 Å². The molecule has 13 heteroatoms. The van der Waals surface area contributed by atoms with E-state index in [0.717, 1.165) is 17.0 Å². The average molecular weight is 545 g/mol. The third-order valence-electron chi connectivity index (χ3n) is 5.70. The molecule has 11 nitrogen and oxygen atoms in total. The van der Waals surface area contributed by atoms with E-state index < -0.39 is 15.9 Å². The van der Waals surface area contributed by atoms with Gasteiger partial charge in [0.2, 0.25) is 10.2 Å². The Hall–Kier alpha value is -3.81. The van der Waals surface area contributed by atoms with Crippen LogP contribution in [0.5, 0.6) is 5.75 Å². The quantitative estimate of drug-likeness (QED) is 0.304. The Morgan fingerprint density at radius 3 is 2.84 bits per heavy atom. The summed E-state index contributed by atoms with van der Waals surface area (Å²) in [6, 6.07) is 5.06. The predicted molar refractivity (Wildman–Crippen MR) is 138 cm³/mol. The number of rotatable bonds is 9. The lowest BCUT2D eigenvalue weighted by Crippen LogP contribution is -2.36. The molecule has 37 heavy (non-hydrogen) atoms. The number of benzene rings is 1. The van der Waals surface area contributed by atoms with E-state index in [1.807, 2.05) is 0 Å². The maximum Gasteiger partial charge on any atom is 0.289 e. The van der Waals surface area contributed by atoms with E-state index in [0.29, 0.717) is 54.3 Å². The number of carbonyl (C=O) groups is 1. The topological polar surface area (TPSA) is 136 Å². The molecule has 2 N–H and O–H groups in total. The SMILES string of the molecule is COc1c(C=CC(=O)NCc2ccco2)c(NS(=O)(=O)c2nccs2)cc2occ(N3CCOCC3)c12. The van der Waals surface area contributed by atoms with Crippen molar-refractivity contribution in [2.45, 2.75) is 10.9 Å². The highest BCUT2D eigenvalue weighted by Crippen LogP contribution is 2.43. The number of amides is 1. The van der Waals surface area contributed by atoms with Crippen LogP contribution in [0.2, 0.25) is 0 Å². The summed E-state index contributed by atoms with van der Waals surface area (Å²) in [6.45, 7) is 2.68. The molecule has 1 aliphatic rings. The number of thiazole rings is 1. The number of furan rings is 2. The van der Waals surface area contributed by atoms with Gasteiger partial charge in [0.15, 0.2) is 0 Å². The first-order chi connectivity index (χ1) is 18.0. The number of sulfonamides is 1. The van der Waals surface area contributed by atoms with Crippen LogP contribution in [-0.2, 0) is 26.1 Å². The zero-order chi connectivity index (χ0) is 25.8. The van der Waals surface area contributed by atoms with Crippen molar-refractivity contribution in [3.05, 3.63) is 59.7 Å². The molecule has 1 fully saturated rings. The second-order valence-electron chi connectivity index (χ2n) is 8.00. The molecule has 0 aliphatic carbocycles. The Labute approximate surface area is 216 Å². The Bertz CT molecular complexity index is 1500. The molecule has 0 radical (unpaired) electrons. The van der Waals surface area contributed by atoms with E-state index in [9.17, 15) is 13.2 Å². The molecule has 1 aliphatic heterocycles. The normalized spacial score (nSPS) is 14.4. The Morgan fingerprint density at radius 1 is 1.30 bits per heavy atom. The minimum atomic E-state index is -3.99. The van der Waals surface area contributed by atoms with Crippen LogP contribution in [0, 0.1) is 0 Å². The van der Waals surface area contributed by atoms with Crippen molar-refractivity contribution in [3.8, 4) is 5.75 Å². The van der Waals surface area contributed by atoms with Gasteiger partial charge >= 0.3 is 0 Å². The summed E-state index contributed by atoms with van der Waals surface area (Å²) in [6.07, 6.45) is 7.36. The largest absolute Gasteiger partial charge is 0.495 e. The summed E-state index contributed by atoms with van der Waals surface area (Å²) in [5.74, 6) is 0.568. The summed E-state index contributed by atoms with van der Waals surface area (Å²) in [7, 11) is -2.51. The monoisotopic (exact) mass is 544 g/mol. The molecule has 0 saturated carbocycles. The Morgan fingerprint density at radius 2 is 2.14 bits per heavy atom. The van der Waals surface area contributed by atoms with Crippen LogP contribution in [-0.4, -0.2) is 52.7 Å². The number of methoxy groups -OCH3 is 1. The molecule has 1 aromatic carbocycles. The van der Waals surface area contributed by atoms with Gasteiger partial charge in [0, 0.05) is 42.4 Å². The minimum absolute atomic E-state index is 0.0915. The second kappa shape index (κ2) is 10.7. The molecule has 0 unspecified atom stereocenters. The Balaban J connectivity index is 1.56. The van der Waals surface area contributed by atoms with Gasteiger partial charge < -0.3 is 28.5 Å². The molecule has 4 heterocycles. The van der Waals surface area contributed by atoms with Crippen LogP contribution < -0.4 is 19.7 Å². The molecule has 5 rings (SSSR count). The van der Waals surface area contributed by atoms with Gasteiger partial charge in [-0.1, -0.05) is 0 Å². The van der Waals surface area contributed by atoms with Gasteiger partial charge in [-0.3, -0.25) is 9.52 Å². The molecule has 0 spiro atoms. The van der Waals surface area contributed by atoms with Crippen LogP contribution in [0.1, 0.15) is 11.3 Å². The van der Waals surface area contributed by atoms with Gasteiger partial charge in [0.25, 0.3) is 10.0 Å². The predicted octanol–water partition coefficient (Wildman–Crippen LogP) is 3.46. The van der Waals surface area contributed by atoms with E-state index in [4.69, 9.17) is 18.3 Å². The van der Waals surface area contributed by atoms with Crippen LogP contribution >= 0.6 is 11.3 Å². The van der Waals surface area contributed by atoms with E-state index in [2.05, 4.69) is 19.9 Å². The van der Waals surface area contributed by atoms with Crippen LogP contribution in [0.25, 0.3) is 17.0 Å². The standard InChI is InChI=1S/C24H24N4O7S2/c1-32-23-17(4-5-21(29)26-14-16-3-2-9-34-16)18(27-37(30,31)24-25-6-12-36-24)13-20-22(23)19(15-35-20)28-7-10-33-11-8-28/h2-6,9,12-13,15,27H,7-8,10-11,14H2,1H3,(H,26,29). The van der Waals surface area contributed by atoms with E-state index in [1.54, 1.807) is 29.8 Å². The van der Waals surface area contributed by atoms with Crippen molar-refractivity contribution >= 4 is 55.7 Å². The number of anilines is 2. The third-order valence-corrected chi connectivity index (χ3v) is 8.26. The summed E-state index contributed by atoms with van der Waals surface area (Å²) in [4.78, 5) is 18.6. The fraction of sp³-hybridized carbons (Fsp3) is 0.250. The van der Waals surface area contributed by atoms with Gasteiger partial charge in [-0.15, -0.1) is 11.3 Å². The molecule has 0 bridgehead atoms. The third kappa shape index (κ3) is 5.33. The lowest BCUT2D eigenvalue weighted by molar-refractivity contribution is -0.116. The zero-order valence-corrected chi connectivity index (χ0v) is 21.4. The number of hydrogen-bond donors (Lipinski definition) is 2. The van der Waals surface area contributed by atoms with Crippen molar-refractivity contribution in [1.82, 2.24) is 10.3 Å². The zero-order valence-electron chi connectivity index (χ0n) is 19.8. The van der Waals surface area contributed by atoms with E-state index in [1.165, 1.54) is 31.7 Å². The number of fused-ring (bicyclic) bond motifs is 1. The van der Waals surface area contributed by atoms with Crippen LogP contribution in [0.3, 0.4) is 0 Å². The molecular weight excluding hydrogens is 520 g/mol. The number of ether oxygens (including phenoxy) is 2. The highest BCUT2D eigenvalue weighted by molar-refractivity contribution is 7.94. The number of morpholine rings is 1. The van der Waals surface area contributed by atoms with Gasteiger partial charge in [-0.2, -0.15) is 8.42 Å². The maximum absolute atomic E-state index is 13.0. The lowest BCUT2D eigenvalue weighted by atomic mass is 10.1. The molecule has 4 aromatic rings. The molecule has 3 aromatic heterocycles. The first-order valence-corrected chi connectivity index (χ1v) is 13.7. The van der Waals surface area contributed by atoms with Gasteiger partial charge in [-0.05, 0) is 18.2 Å². The molecule has 0 atom stereocenters. The minimum Gasteiger partial charge on any atom is -0.495 e. The summed E-state index contributed by atoms with van der Waals surface area (Å²) < 4.78 is 50.8. The van der Waals surface area contributed by atoms with Crippen LogP contribution in [0.15, 0.2) is 61.6 Å². The molecule has 1 amide bonds. The van der Waals surface area contributed by atoms with Crippen molar-refractivity contribution in [3.63, 3.8) is 0 Å². The second-order valence-corrected chi connectivity index (χ2v) is 10.7. The number of aromatic nitrogens is 1. The van der Waals surface area contributed by atoms with Crippen molar-refractivity contribution in [1.29, 1.82) is 0 Å². The van der Waals surface area contributed by atoms with Crippen molar-refractivity contribution in [2.24, 2.45) is 0 Å². The number of hydrogen-bond acceptors (Lipinski definition) is 10. The van der Waals surface area contributed by atoms with Crippen LogP contribution in [0.4, 0.5) is 11.4 Å². The summed E-state index contributed by atoms with van der Waals surface area (Å²) in [5.41, 5.74) is 1.76. The molecular formula is C24H24N4O7S2. The average Bonchev–Trinajstić information content (AvgIpc) is 3.68.